The second kappa shape index (κ2) is 6.47. The third kappa shape index (κ3) is 3.96. The van der Waals surface area contributed by atoms with Crippen molar-refractivity contribution in [3.05, 3.63) is 11.6 Å². The first-order valence-corrected chi connectivity index (χ1v) is 5.98. The van der Waals surface area contributed by atoms with Crippen LogP contribution in [-0.4, -0.2) is 30.5 Å². The van der Waals surface area contributed by atoms with Crippen LogP contribution in [0, 0.1) is 0 Å². The van der Waals surface area contributed by atoms with E-state index in [0.29, 0.717) is 6.04 Å². The summed E-state index contributed by atoms with van der Waals surface area (Å²) in [5, 5.41) is 0. The Morgan fingerprint density at radius 3 is 2.88 bits per heavy atom. The molecule has 0 heterocycles. The number of guanidine groups is 1. The highest BCUT2D eigenvalue weighted by Gasteiger charge is 2.27. The minimum absolute atomic E-state index is 0. The van der Waals surface area contributed by atoms with Crippen LogP contribution in [0.3, 0.4) is 0 Å². The summed E-state index contributed by atoms with van der Waals surface area (Å²) in [4.78, 5) is 6.54. The molecule has 0 aromatic rings. The van der Waals surface area contributed by atoms with Gasteiger partial charge in [0.05, 0.1) is 0 Å². The molecule has 0 bridgehead atoms. The van der Waals surface area contributed by atoms with E-state index >= 15 is 0 Å². The zero-order valence-electron chi connectivity index (χ0n) is 9.98. The van der Waals surface area contributed by atoms with E-state index < -0.39 is 0 Å². The number of hydrogen-bond donors (Lipinski definition) is 1. The lowest BCUT2D eigenvalue weighted by Gasteiger charge is -2.16. The number of nitrogens with zero attached hydrogens (tertiary/aromatic N) is 2. The molecule has 0 spiro atoms. The topological polar surface area (TPSA) is 41.6 Å². The largest absolute Gasteiger partial charge is 0.370 e. The molecule has 92 valence electrons. The van der Waals surface area contributed by atoms with E-state index in [0.717, 1.165) is 18.9 Å². The molecule has 1 saturated carbocycles. The molecule has 0 amide bonds. The van der Waals surface area contributed by atoms with Gasteiger partial charge in [-0.2, -0.15) is 0 Å². The first-order chi connectivity index (χ1) is 7.27. The lowest BCUT2D eigenvalue weighted by molar-refractivity contribution is 0.487. The summed E-state index contributed by atoms with van der Waals surface area (Å²) in [6.45, 7) is 0.856. The zero-order chi connectivity index (χ0) is 10.7. The average Bonchev–Trinajstić information content (AvgIpc) is 2.96. The van der Waals surface area contributed by atoms with Crippen LogP contribution in [0.2, 0.25) is 0 Å². The third-order valence-corrected chi connectivity index (χ3v) is 3.30. The van der Waals surface area contributed by atoms with Crippen molar-refractivity contribution in [2.75, 3.05) is 13.6 Å². The Labute approximate surface area is 115 Å². The van der Waals surface area contributed by atoms with Crippen molar-refractivity contribution in [1.82, 2.24) is 4.90 Å². The predicted molar refractivity (Wildman–Crippen MR) is 79.2 cm³/mol. The molecule has 0 aliphatic heterocycles. The third-order valence-electron chi connectivity index (χ3n) is 3.30. The van der Waals surface area contributed by atoms with E-state index in [1.54, 1.807) is 5.57 Å². The Morgan fingerprint density at radius 1 is 1.56 bits per heavy atom. The summed E-state index contributed by atoms with van der Waals surface area (Å²) >= 11 is 0. The number of halogens is 1. The van der Waals surface area contributed by atoms with E-state index in [9.17, 15) is 0 Å². The molecular formula is C12H22IN3. The van der Waals surface area contributed by atoms with Crippen molar-refractivity contribution in [3.8, 4) is 0 Å². The SMILES string of the molecule is CN(C(N)=NCCC1=CCCC1)C1CC1.I. The molecule has 0 unspecified atom stereocenters. The molecule has 0 aromatic heterocycles. The van der Waals surface area contributed by atoms with Crippen LogP contribution in [0.15, 0.2) is 16.6 Å². The molecule has 0 atom stereocenters. The molecule has 2 N–H and O–H groups in total. The van der Waals surface area contributed by atoms with E-state index in [1.807, 2.05) is 7.05 Å². The molecular weight excluding hydrogens is 313 g/mol. The molecule has 4 heteroatoms. The molecule has 2 aliphatic carbocycles. The Morgan fingerprint density at radius 2 is 2.31 bits per heavy atom. The van der Waals surface area contributed by atoms with Gasteiger partial charge in [-0.05, 0) is 38.5 Å². The zero-order valence-corrected chi connectivity index (χ0v) is 12.3. The fourth-order valence-corrected chi connectivity index (χ4v) is 2.04. The normalized spacial score (nSPS) is 20.3. The molecule has 3 nitrogen and oxygen atoms in total. The monoisotopic (exact) mass is 335 g/mol. The maximum atomic E-state index is 5.90. The smallest absolute Gasteiger partial charge is 0.191 e. The first-order valence-electron chi connectivity index (χ1n) is 5.98. The summed E-state index contributed by atoms with van der Waals surface area (Å²) in [6.07, 6.45) is 9.87. The summed E-state index contributed by atoms with van der Waals surface area (Å²) < 4.78 is 0. The fourth-order valence-electron chi connectivity index (χ4n) is 2.04. The minimum atomic E-state index is 0. The molecule has 2 aliphatic rings. The first kappa shape index (κ1) is 13.8. The molecule has 0 aromatic carbocycles. The van der Waals surface area contributed by atoms with Crippen LogP contribution < -0.4 is 5.73 Å². The Bertz CT molecular complexity index is 282. The highest BCUT2D eigenvalue weighted by molar-refractivity contribution is 14.0. The van der Waals surface area contributed by atoms with Gasteiger partial charge in [0.25, 0.3) is 0 Å². The highest BCUT2D eigenvalue weighted by atomic mass is 127. The summed E-state index contributed by atoms with van der Waals surface area (Å²) in [6, 6.07) is 0.666. The fraction of sp³-hybridized carbons (Fsp3) is 0.750. The van der Waals surface area contributed by atoms with Crippen LogP contribution >= 0.6 is 24.0 Å². The van der Waals surface area contributed by atoms with Gasteiger partial charge in [-0.25, -0.2) is 0 Å². The van der Waals surface area contributed by atoms with Crippen molar-refractivity contribution < 1.29 is 0 Å². The van der Waals surface area contributed by atoms with Crippen LogP contribution in [-0.2, 0) is 0 Å². The maximum absolute atomic E-state index is 5.90. The van der Waals surface area contributed by atoms with Crippen LogP contribution in [0.5, 0.6) is 0 Å². The van der Waals surface area contributed by atoms with Gasteiger partial charge in [0.2, 0.25) is 0 Å². The molecule has 16 heavy (non-hydrogen) atoms. The number of allylic oxidation sites excluding steroid dienone is 1. The van der Waals surface area contributed by atoms with Gasteiger partial charge in [0.1, 0.15) is 0 Å². The van der Waals surface area contributed by atoms with Crippen molar-refractivity contribution in [2.45, 2.75) is 44.6 Å². The van der Waals surface area contributed by atoms with E-state index in [-0.39, 0.29) is 24.0 Å². The Hall–Kier alpha value is -0.260. The summed E-state index contributed by atoms with van der Waals surface area (Å²) in [5.74, 6) is 0.719. The van der Waals surface area contributed by atoms with E-state index in [4.69, 9.17) is 5.73 Å². The van der Waals surface area contributed by atoms with Gasteiger partial charge in [-0.1, -0.05) is 11.6 Å². The lowest BCUT2D eigenvalue weighted by atomic mass is 10.2. The van der Waals surface area contributed by atoms with Gasteiger partial charge < -0.3 is 10.6 Å². The summed E-state index contributed by atoms with van der Waals surface area (Å²) in [7, 11) is 2.05. The second-order valence-corrected chi connectivity index (χ2v) is 4.59. The van der Waals surface area contributed by atoms with Crippen molar-refractivity contribution in [2.24, 2.45) is 10.7 Å². The predicted octanol–water partition coefficient (Wildman–Crippen LogP) is 2.51. The minimum Gasteiger partial charge on any atom is -0.370 e. The number of rotatable bonds is 4. The van der Waals surface area contributed by atoms with Gasteiger partial charge in [-0.15, -0.1) is 24.0 Å². The van der Waals surface area contributed by atoms with Crippen LogP contribution in [0.25, 0.3) is 0 Å². The standard InChI is InChI=1S/C12H21N3.HI/c1-15(11-6-7-11)12(13)14-9-8-10-4-2-3-5-10;/h4,11H,2-3,5-9H2,1H3,(H2,13,14);1H. The maximum Gasteiger partial charge on any atom is 0.191 e. The van der Waals surface area contributed by atoms with Gasteiger partial charge in [0.15, 0.2) is 5.96 Å². The Balaban J connectivity index is 0.00000128. The van der Waals surface area contributed by atoms with Crippen molar-refractivity contribution in [1.29, 1.82) is 0 Å². The number of aliphatic imine (C=N–C) groups is 1. The van der Waals surface area contributed by atoms with Crippen LogP contribution in [0.1, 0.15) is 38.5 Å². The van der Waals surface area contributed by atoms with E-state index in [2.05, 4.69) is 16.0 Å². The summed E-state index contributed by atoms with van der Waals surface area (Å²) in [5.41, 5.74) is 7.47. The average molecular weight is 335 g/mol. The molecule has 0 radical (unpaired) electrons. The Kier molecular flexibility index (Phi) is 5.58. The van der Waals surface area contributed by atoms with Gasteiger partial charge >= 0.3 is 0 Å². The van der Waals surface area contributed by atoms with Gasteiger partial charge in [0, 0.05) is 19.6 Å². The van der Waals surface area contributed by atoms with E-state index in [1.165, 1.54) is 32.1 Å². The number of hydrogen-bond acceptors (Lipinski definition) is 1. The molecule has 0 saturated heterocycles. The van der Waals surface area contributed by atoms with Crippen LogP contribution in [0.4, 0.5) is 0 Å². The lowest BCUT2D eigenvalue weighted by Crippen LogP contribution is -2.35. The number of nitrogens with two attached hydrogens (primary N) is 1. The van der Waals surface area contributed by atoms with Crippen molar-refractivity contribution >= 4 is 29.9 Å². The molecule has 1 fully saturated rings. The van der Waals surface area contributed by atoms with Crippen molar-refractivity contribution in [3.63, 3.8) is 0 Å². The second-order valence-electron chi connectivity index (χ2n) is 4.59. The highest BCUT2D eigenvalue weighted by Crippen LogP contribution is 2.25. The molecule has 2 rings (SSSR count). The quantitative estimate of drug-likeness (QED) is 0.371. The van der Waals surface area contributed by atoms with Gasteiger partial charge in [-0.3, -0.25) is 4.99 Å².